The van der Waals surface area contributed by atoms with E-state index >= 15 is 0 Å². The van der Waals surface area contributed by atoms with Crippen molar-refractivity contribution in [3.63, 3.8) is 0 Å². The van der Waals surface area contributed by atoms with Crippen LogP contribution in [0.4, 0.5) is 0 Å². The first-order chi connectivity index (χ1) is 6.82. The second-order valence-corrected chi connectivity index (χ2v) is 4.09. The van der Waals surface area contributed by atoms with Gasteiger partial charge in [0.2, 0.25) is 5.91 Å². The predicted octanol–water partition coefficient (Wildman–Crippen LogP) is -0.849. The molecule has 0 spiro atoms. The maximum atomic E-state index is 11.4. The largest absolute Gasteiger partial charge is 0.386 e. The highest BCUT2D eigenvalue weighted by Gasteiger charge is 2.49. The van der Waals surface area contributed by atoms with Gasteiger partial charge in [-0.1, -0.05) is 13.8 Å². The maximum Gasteiger partial charge on any atom is 0.265 e. The Morgan fingerprint density at radius 3 is 2.53 bits per heavy atom. The topological polar surface area (TPSA) is 122 Å². The van der Waals surface area contributed by atoms with Crippen molar-refractivity contribution in [3.8, 4) is 6.07 Å². The molecule has 0 aliphatic carbocycles. The van der Waals surface area contributed by atoms with Gasteiger partial charge >= 0.3 is 0 Å². The summed E-state index contributed by atoms with van der Waals surface area (Å²) >= 11 is 0. The molecule has 15 heavy (non-hydrogen) atoms. The molecule has 0 saturated heterocycles. The highest BCUT2D eigenvalue weighted by Crippen LogP contribution is 2.38. The molecule has 0 aromatic rings. The Balaban J connectivity index is 3.31. The fourth-order valence-electron chi connectivity index (χ4n) is 1.86. The van der Waals surface area contributed by atoms with E-state index in [1.54, 1.807) is 13.8 Å². The lowest BCUT2D eigenvalue weighted by Crippen LogP contribution is -2.52. The number of carbonyl (C=O) groups is 2. The minimum atomic E-state index is -0.984. The number of nitrogens with two attached hydrogens (primary N) is 2. The van der Waals surface area contributed by atoms with E-state index < -0.39 is 29.1 Å². The first kappa shape index (κ1) is 11.2. The molecule has 1 aliphatic heterocycles. The number of hydrogen-bond acceptors (Lipinski definition) is 4. The van der Waals surface area contributed by atoms with Gasteiger partial charge in [-0.05, 0) is 0 Å². The number of rotatable bonds is 1. The molecule has 0 unspecified atom stereocenters. The molecule has 0 radical (unpaired) electrons. The zero-order valence-electron chi connectivity index (χ0n) is 8.52. The first-order valence-electron chi connectivity index (χ1n) is 4.39. The average Bonchev–Trinajstić information content (AvgIpc) is 2.00. The molecule has 0 fully saturated rings. The predicted molar refractivity (Wildman–Crippen MR) is 52.2 cm³/mol. The number of amides is 2. The summed E-state index contributed by atoms with van der Waals surface area (Å²) < 4.78 is 0. The van der Waals surface area contributed by atoms with Gasteiger partial charge in [0.1, 0.15) is 17.7 Å². The van der Waals surface area contributed by atoms with Crippen molar-refractivity contribution in [2.75, 3.05) is 0 Å². The van der Waals surface area contributed by atoms with Gasteiger partial charge in [0.25, 0.3) is 5.91 Å². The van der Waals surface area contributed by atoms with Gasteiger partial charge in [0, 0.05) is 5.41 Å². The van der Waals surface area contributed by atoms with Gasteiger partial charge in [-0.2, -0.15) is 10.3 Å². The molecule has 0 aromatic heterocycles. The summed E-state index contributed by atoms with van der Waals surface area (Å²) in [5, 5.41) is 8.85. The number of carbonyl (C=O) groups excluding carboxylic acids is 2. The molecule has 6 nitrogen and oxygen atoms in total. The molecule has 2 amide bonds. The molecule has 6 heteroatoms. The van der Waals surface area contributed by atoms with Gasteiger partial charge in [0.15, 0.2) is 0 Å². The Morgan fingerprint density at radius 2 is 2.13 bits per heavy atom. The van der Waals surface area contributed by atoms with Gasteiger partial charge in [-0.3, -0.25) is 9.59 Å². The monoisotopic (exact) mass is 208 g/mol. The number of primary amides is 1. The molecule has 80 valence electrons. The highest BCUT2D eigenvalue weighted by molar-refractivity contribution is 6.09. The summed E-state index contributed by atoms with van der Waals surface area (Å²) in [6, 6.07) is 1.83. The van der Waals surface area contributed by atoms with Gasteiger partial charge in [0.05, 0.1) is 6.07 Å². The Morgan fingerprint density at radius 1 is 1.60 bits per heavy atom. The van der Waals surface area contributed by atoms with Crippen molar-refractivity contribution in [3.05, 3.63) is 0 Å². The van der Waals surface area contributed by atoms with E-state index in [0.717, 1.165) is 0 Å². The van der Waals surface area contributed by atoms with E-state index in [2.05, 4.69) is 4.99 Å². The zero-order chi connectivity index (χ0) is 11.8. The second-order valence-electron chi connectivity index (χ2n) is 4.09. The summed E-state index contributed by atoms with van der Waals surface area (Å²) in [6.07, 6.45) is 0. The second kappa shape index (κ2) is 3.35. The summed E-state index contributed by atoms with van der Waals surface area (Å²) in [6.45, 7) is 3.21. The minimum Gasteiger partial charge on any atom is -0.386 e. The van der Waals surface area contributed by atoms with Gasteiger partial charge < -0.3 is 11.5 Å². The molecule has 0 aromatic carbocycles. The Hall–Kier alpha value is -1.90. The van der Waals surface area contributed by atoms with E-state index in [-0.39, 0.29) is 5.84 Å². The number of nitrogens with zero attached hydrogens (tertiary/aromatic N) is 2. The van der Waals surface area contributed by atoms with Crippen LogP contribution in [0.25, 0.3) is 0 Å². The molecular formula is C9H12N4O2. The SMILES string of the molecule is CC1(C)[C@@H](C(N)=O)C(N)=NC(=O)[C@H]1C#N. The molecule has 2 atom stereocenters. The highest BCUT2D eigenvalue weighted by atomic mass is 16.2. The Bertz CT molecular complexity index is 391. The third kappa shape index (κ3) is 1.56. The molecule has 0 bridgehead atoms. The standard InChI is InChI=1S/C9H12N4O2/c1-9(2)4(3-10)8(15)13-6(11)5(9)7(12)14/h4-5H,1-2H3,(H2,12,14)(H2,11,13,15)/t4-,5-/m1/s1. The average molecular weight is 208 g/mol. The van der Waals surface area contributed by atoms with E-state index in [1.165, 1.54) is 0 Å². The van der Waals surface area contributed by atoms with E-state index in [9.17, 15) is 9.59 Å². The number of amidine groups is 1. The van der Waals surface area contributed by atoms with E-state index in [1.807, 2.05) is 6.07 Å². The fourth-order valence-corrected chi connectivity index (χ4v) is 1.86. The van der Waals surface area contributed by atoms with Crippen LogP contribution in [-0.2, 0) is 9.59 Å². The lowest BCUT2D eigenvalue weighted by Gasteiger charge is -2.36. The molecule has 1 heterocycles. The fraction of sp³-hybridized carbons (Fsp3) is 0.556. The summed E-state index contributed by atoms with van der Waals surface area (Å²) in [7, 11) is 0. The van der Waals surface area contributed by atoms with Crippen molar-refractivity contribution < 1.29 is 9.59 Å². The normalized spacial score (nSPS) is 29.1. The third-order valence-electron chi connectivity index (χ3n) is 2.68. The molecular weight excluding hydrogens is 196 g/mol. The van der Waals surface area contributed by atoms with Crippen LogP contribution in [0.5, 0.6) is 0 Å². The Kier molecular flexibility index (Phi) is 2.50. The van der Waals surface area contributed by atoms with E-state index in [4.69, 9.17) is 16.7 Å². The third-order valence-corrected chi connectivity index (χ3v) is 2.68. The Labute approximate surface area is 86.9 Å². The van der Waals surface area contributed by atoms with Crippen LogP contribution in [0.2, 0.25) is 0 Å². The minimum absolute atomic E-state index is 0.107. The molecule has 4 N–H and O–H groups in total. The summed E-state index contributed by atoms with van der Waals surface area (Å²) in [4.78, 5) is 26.0. The zero-order valence-corrected chi connectivity index (χ0v) is 8.52. The number of nitriles is 1. The van der Waals surface area contributed by atoms with Crippen LogP contribution in [0, 0.1) is 28.6 Å². The first-order valence-corrected chi connectivity index (χ1v) is 4.39. The lowest BCUT2D eigenvalue weighted by atomic mass is 9.67. The van der Waals surface area contributed by atoms with Crippen LogP contribution in [0.1, 0.15) is 13.8 Å². The number of aliphatic imine (C=N–C) groups is 1. The van der Waals surface area contributed by atoms with Crippen LogP contribution >= 0.6 is 0 Å². The van der Waals surface area contributed by atoms with Crippen molar-refractivity contribution in [2.45, 2.75) is 13.8 Å². The van der Waals surface area contributed by atoms with Crippen molar-refractivity contribution >= 4 is 17.6 Å². The van der Waals surface area contributed by atoms with Crippen LogP contribution in [-0.4, -0.2) is 17.6 Å². The lowest BCUT2D eigenvalue weighted by molar-refractivity contribution is -0.129. The van der Waals surface area contributed by atoms with Crippen molar-refractivity contribution in [1.82, 2.24) is 0 Å². The van der Waals surface area contributed by atoms with Crippen molar-refractivity contribution in [2.24, 2.45) is 33.7 Å². The maximum absolute atomic E-state index is 11.4. The van der Waals surface area contributed by atoms with Gasteiger partial charge in [-0.25, -0.2) is 0 Å². The van der Waals surface area contributed by atoms with Gasteiger partial charge in [-0.15, -0.1) is 0 Å². The van der Waals surface area contributed by atoms with Crippen molar-refractivity contribution in [1.29, 1.82) is 5.26 Å². The molecule has 1 rings (SSSR count). The van der Waals surface area contributed by atoms with Crippen LogP contribution < -0.4 is 11.5 Å². The molecule has 1 aliphatic rings. The molecule has 0 saturated carbocycles. The van der Waals surface area contributed by atoms with Crippen LogP contribution in [0.15, 0.2) is 4.99 Å². The van der Waals surface area contributed by atoms with Crippen LogP contribution in [0.3, 0.4) is 0 Å². The number of hydrogen-bond donors (Lipinski definition) is 2. The summed E-state index contributed by atoms with van der Waals surface area (Å²) in [5.74, 6) is -3.25. The summed E-state index contributed by atoms with van der Waals surface area (Å²) in [5.41, 5.74) is 9.74. The van der Waals surface area contributed by atoms with E-state index in [0.29, 0.717) is 0 Å². The quantitative estimate of drug-likeness (QED) is 0.582. The smallest absolute Gasteiger partial charge is 0.265 e.